The Labute approximate surface area is 176 Å². The quantitative estimate of drug-likeness (QED) is 0.466. The van der Waals surface area contributed by atoms with Gasteiger partial charge in [0, 0.05) is 23.5 Å². The highest BCUT2D eigenvalue weighted by Crippen LogP contribution is 2.23. The first-order chi connectivity index (χ1) is 14.9. The molecular formula is C21H16F2N4O3S. The van der Waals surface area contributed by atoms with E-state index < -0.39 is 27.4 Å². The lowest BCUT2D eigenvalue weighted by molar-refractivity contribution is 0.386. The molecule has 0 amide bonds. The molecule has 0 saturated carbocycles. The molecule has 158 valence electrons. The molecular weight excluding hydrogens is 426 g/mol. The smallest absolute Gasteiger partial charge is 0.237 e. The lowest BCUT2D eigenvalue weighted by Crippen LogP contribution is -2.17. The number of anilines is 1. The van der Waals surface area contributed by atoms with Gasteiger partial charge in [0.2, 0.25) is 21.7 Å². The van der Waals surface area contributed by atoms with E-state index in [1.54, 1.807) is 48.8 Å². The maximum Gasteiger partial charge on any atom is 0.237 e. The van der Waals surface area contributed by atoms with Crippen LogP contribution >= 0.6 is 0 Å². The summed E-state index contributed by atoms with van der Waals surface area (Å²) >= 11 is 0. The predicted molar refractivity (Wildman–Crippen MR) is 109 cm³/mol. The zero-order chi connectivity index (χ0) is 21.8. The topological polar surface area (TPSA) is 98.0 Å². The molecule has 4 aromatic rings. The normalized spacial score (nSPS) is 11.4. The van der Waals surface area contributed by atoms with Crippen LogP contribution in [0.4, 0.5) is 14.5 Å². The first kappa shape index (κ1) is 20.6. The van der Waals surface area contributed by atoms with Gasteiger partial charge >= 0.3 is 0 Å². The predicted octanol–water partition coefficient (Wildman–Crippen LogP) is 3.94. The number of sulfonamides is 1. The molecule has 1 N–H and O–H groups in total. The Morgan fingerprint density at radius 2 is 1.74 bits per heavy atom. The Kier molecular flexibility index (Phi) is 5.72. The summed E-state index contributed by atoms with van der Waals surface area (Å²) in [6, 6.07) is 12.8. The molecule has 0 aliphatic carbocycles. The van der Waals surface area contributed by atoms with Crippen LogP contribution in [0.3, 0.4) is 0 Å². The first-order valence-corrected chi connectivity index (χ1v) is 10.8. The summed E-state index contributed by atoms with van der Waals surface area (Å²) in [5, 5.41) is 3.93. The van der Waals surface area contributed by atoms with Crippen LogP contribution in [-0.4, -0.2) is 23.5 Å². The van der Waals surface area contributed by atoms with Crippen molar-refractivity contribution in [3.8, 4) is 11.4 Å². The van der Waals surface area contributed by atoms with Crippen LogP contribution in [0.25, 0.3) is 11.4 Å². The number of aromatic nitrogens is 3. The van der Waals surface area contributed by atoms with Crippen LogP contribution in [0.15, 0.2) is 71.5 Å². The number of hydrogen-bond acceptors (Lipinski definition) is 6. The van der Waals surface area contributed by atoms with Crippen molar-refractivity contribution >= 4 is 15.7 Å². The van der Waals surface area contributed by atoms with E-state index in [4.69, 9.17) is 4.52 Å². The van der Waals surface area contributed by atoms with Crippen molar-refractivity contribution in [2.45, 2.75) is 12.2 Å². The molecule has 2 aromatic heterocycles. The van der Waals surface area contributed by atoms with Crippen molar-refractivity contribution in [3.63, 3.8) is 0 Å². The van der Waals surface area contributed by atoms with Gasteiger partial charge in [-0.25, -0.2) is 17.2 Å². The van der Waals surface area contributed by atoms with E-state index >= 15 is 0 Å². The number of rotatable bonds is 7. The third-order valence-corrected chi connectivity index (χ3v) is 5.61. The summed E-state index contributed by atoms with van der Waals surface area (Å²) in [5.41, 5.74) is 1.33. The third-order valence-electron chi connectivity index (χ3n) is 4.38. The third kappa shape index (κ3) is 5.10. The largest absolute Gasteiger partial charge is 0.339 e. The summed E-state index contributed by atoms with van der Waals surface area (Å²) in [7, 11) is -4.01. The van der Waals surface area contributed by atoms with E-state index in [9.17, 15) is 17.2 Å². The highest BCUT2D eigenvalue weighted by Gasteiger charge is 2.18. The molecule has 31 heavy (non-hydrogen) atoms. The van der Waals surface area contributed by atoms with E-state index in [-0.39, 0.29) is 23.6 Å². The fourth-order valence-electron chi connectivity index (χ4n) is 2.94. The van der Waals surface area contributed by atoms with Crippen LogP contribution in [0.1, 0.15) is 17.0 Å². The standard InChI is InChI=1S/C21H16F2N4O3S/c22-17-5-6-18(23)16(11-17)13-31(28,29)27-19-4-2-1-3-15(19)12-20-25-21(26-30-20)14-7-9-24-10-8-14/h1-11,27H,12-13H2. The maximum atomic E-state index is 13.9. The average Bonchev–Trinajstić information content (AvgIpc) is 3.21. The van der Waals surface area contributed by atoms with E-state index in [1.807, 2.05) is 0 Å². The van der Waals surface area contributed by atoms with Crippen LogP contribution in [0, 0.1) is 11.6 Å². The Balaban J connectivity index is 1.54. The Hall–Kier alpha value is -3.66. The fourth-order valence-corrected chi connectivity index (χ4v) is 4.18. The molecule has 4 rings (SSSR count). The number of nitrogens with zero attached hydrogens (tertiary/aromatic N) is 3. The van der Waals surface area contributed by atoms with E-state index in [0.717, 1.165) is 23.8 Å². The lowest BCUT2D eigenvalue weighted by Gasteiger charge is -2.12. The van der Waals surface area contributed by atoms with E-state index in [1.165, 1.54) is 0 Å². The molecule has 7 nitrogen and oxygen atoms in total. The fraction of sp³-hybridized carbons (Fsp3) is 0.0952. The van der Waals surface area contributed by atoms with Crippen molar-refractivity contribution in [2.24, 2.45) is 0 Å². The van der Waals surface area contributed by atoms with Gasteiger partial charge in [0.05, 0.1) is 17.9 Å². The monoisotopic (exact) mass is 442 g/mol. The van der Waals surface area contributed by atoms with Gasteiger partial charge in [0.1, 0.15) is 11.6 Å². The molecule has 0 fully saturated rings. The highest BCUT2D eigenvalue weighted by atomic mass is 32.2. The van der Waals surface area contributed by atoms with Crippen molar-refractivity contribution < 1.29 is 21.7 Å². The summed E-state index contributed by atoms with van der Waals surface area (Å²) in [6.07, 6.45) is 3.39. The minimum absolute atomic E-state index is 0.172. The van der Waals surface area contributed by atoms with Crippen molar-refractivity contribution in [1.29, 1.82) is 0 Å². The zero-order valence-electron chi connectivity index (χ0n) is 16.0. The summed E-state index contributed by atoms with van der Waals surface area (Å²) in [6.45, 7) is 0. The van der Waals surface area contributed by atoms with Gasteiger partial charge in [-0.05, 0) is 42.0 Å². The van der Waals surface area contributed by atoms with Gasteiger partial charge in [-0.3, -0.25) is 9.71 Å². The van der Waals surface area contributed by atoms with Crippen molar-refractivity contribution in [3.05, 3.63) is 95.6 Å². The Morgan fingerprint density at radius 3 is 2.55 bits per heavy atom. The van der Waals surface area contributed by atoms with Crippen LogP contribution in [0.5, 0.6) is 0 Å². The number of pyridine rings is 1. The molecule has 0 spiro atoms. The van der Waals surface area contributed by atoms with Gasteiger partial charge < -0.3 is 4.52 Å². The first-order valence-electron chi connectivity index (χ1n) is 9.15. The van der Waals surface area contributed by atoms with Crippen LogP contribution < -0.4 is 4.72 Å². The zero-order valence-corrected chi connectivity index (χ0v) is 16.8. The number of para-hydroxylation sites is 1. The molecule has 2 aromatic carbocycles. The summed E-state index contributed by atoms with van der Waals surface area (Å²) in [5.74, 6) is -1.55. The molecule has 0 radical (unpaired) electrons. The molecule has 0 aliphatic rings. The van der Waals surface area contributed by atoms with Gasteiger partial charge in [-0.15, -0.1) is 0 Å². The number of nitrogens with one attached hydrogen (secondary N) is 1. The van der Waals surface area contributed by atoms with Gasteiger partial charge in [-0.2, -0.15) is 4.98 Å². The SMILES string of the molecule is O=S(=O)(Cc1cc(F)ccc1F)Nc1ccccc1Cc1nc(-c2ccncc2)no1. The molecule has 0 aliphatic heterocycles. The second kappa shape index (κ2) is 8.60. The molecule has 0 atom stereocenters. The Bertz CT molecular complexity index is 1310. The minimum Gasteiger partial charge on any atom is -0.339 e. The number of benzene rings is 2. The summed E-state index contributed by atoms with van der Waals surface area (Å²) < 4.78 is 60.1. The molecule has 10 heteroatoms. The van der Waals surface area contributed by atoms with E-state index in [2.05, 4.69) is 19.8 Å². The Morgan fingerprint density at radius 1 is 0.968 bits per heavy atom. The number of halogens is 2. The maximum absolute atomic E-state index is 13.9. The second-order valence-electron chi connectivity index (χ2n) is 6.68. The average molecular weight is 442 g/mol. The minimum atomic E-state index is -4.01. The lowest BCUT2D eigenvalue weighted by atomic mass is 10.1. The summed E-state index contributed by atoms with van der Waals surface area (Å²) in [4.78, 5) is 8.26. The second-order valence-corrected chi connectivity index (χ2v) is 8.40. The molecule has 0 bridgehead atoms. The van der Waals surface area contributed by atoms with Gasteiger partial charge in [0.15, 0.2) is 0 Å². The van der Waals surface area contributed by atoms with Crippen molar-refractivity contribution in [1.82, 2.24) is 15.1 Å². The molecule has 2 heterocycles. The van der Waals surface area contributed by atoms with Crippen LogP contribution in [0.2, 0.25) is 0 Å². The van der Waals surface area contributed by atoms with Crippen LogP contribution in [-0.2, 0) is 22.2 Å². The van der Waals surface area contributed by atoms with Gasteiger partial charge in [0.25, 0.3) is 0 Å². The molecule has 0 saturated heterocycles. The number of hydrogen-bond donors (Lipinski definition) is 1. The highest BCUT2D eigenvalue weighted by molar-refractivity contribution is 7.91. The van der Waals surface area contributed by atoms with Crippen molar-refractivity contribution in [2.75, 3.05) is 4.72 Å². The van der Waals surface area contributed by atoms with E-state index in [0.29, 0.717) is 11.4 Å². The molecule has 0 unspecified atom stereocenters. The van der Waals surface area contributed by atoms with Gasteiger partial charge in [-0.1, -0.05) is 23.4 Å².